The second-order valence-electron chi connectivity index (χ2n) is 6.05. The van der Waals surface area contributed by atoms with Crippen LogP contribution in [0.25, 0.3) is 0 Å². The molecule has 0 aliphatic carbocycles. The van der Waals surface area contributed by atoms with Crippen LogP contribution in [0.5, 0.6) is 0 Å². The van der Waals surface area contributed by atoms with Gasteiger partial charge in [-0.1, -0.05) is 44.2 Å². The Morgan fingerprint density at radius 1 is 1.29 bits per heavy atom. The number of hydrogen-bond donors (Lipinski definition) is 1. The van der Waals surface area contributed by atoms with Crippen LogP contribution in [-0.4, -0.2) is 35.3 Å². The van der Waals surface area contributed by atoms with Gasteiger partial charge in [0.25, 0.3) is 0 Å². The van der Waals surface area contributed by atoms with Crippen LogP contribution >= 0.6 is 0 Å². The van der Waals surface area contributed by atoms with E-state index in [1.54, 1.807) is 0 Å². The summed E-state index contributed by atoms with van der Waals surface area (Å²) in [6.07, 6.45) is 0.983. The van der Waals surface area contributed by atoms with Crippen LogP contribution in [0.2, 0.25) is 0 Å². The second-order valence-corrected chi connectivity index (χ2v) is 6.05. The summed E-state index contributed by atoms with van der Waals surface area (Å²) >= 11 is 0. The molecule has 1 saturated heterocycles. The molecular formula is C17H24N2O2. The van der Waals surface area contributed by atoms with Gasteiger partial charge in [-0.15, -0.1) is 0 Å². The minimum Gasteiger partial charge on any atom is -0.342 e. The van der Waals surface area contributed by atoms with Crippen molar-refractivity contribution in [1.29, 1.82) is 0 Å². The van der Waals surface area contributed by atoms with Gasteiger partial charge in [-0.3, -0.25) is 9.59 Å². The Kier molecular flexibility index (Phi) is 4.66. The maximum Gasteiger partial charge on any atom is 0.248 e. The lowest BCUT2D eigenvalue weighted by Crippen LogP contribution is -2.55. The molecule has 1 aromatic carbocycles. The molecule has 2 atom stereocenters. The van der Waals surface area contributed by atoms with Gasteiger partial charge in [0.15, 0.2) is 0 Å². The molecule has 2 amide bonds. The van der Waals surface area contributed by atoms with E-state index in [2.05, 4.69) is 24.4 Å². The van der Waals surface area contributed by atoms with Crippen molar-refractivity contribution in [1.82, 2.24) is 10.2 Å². The highest BCUT2D eigenvalue weighted by Crippen LogP contribution is 2.22. The summed E-state index contributed by atoms with van der Waals surface area (Å²) in [6, 6.07) is 10.2. The minimum absolute atomic E-state index is 0.0265. The zero-order chi connectivity index (χ0) is 15.5. The highest BCUT2D eigenvalue weighted by molar-refractivity contribution is 5.93. The van der Waals surface area contributed by atoms with Crippen LogP contribution in [0.1, 0.15) is 45.1 Å². The highest BCUT2D eigenvalue weighted by Gasteiger charge is 2.39. The molecule has 4 heteroatoms. The summed E-state index contributed by atoms with van der Waals surface area (Å²) in [5, 5.41) is 2.87. The fourth-order valence-corrected chi connectivity index (χ4v) is 2.74. The van der Waals surface area contributed by atoms with E-state index in [1.165, 1.54) is 5.56 Å². The molecule has 1 heterocycles. The molecule has 1 N–H and O–H groups in total. The third-order valence-corrected chi connectivity index (χ3v) is 4.35. The lowest BCUT2D eigenvalue weighted by molar-refractivity contribution is -0.138. The van der Waals surface area contributed by atoms with E-state index >= 15 is 0 Å². The highest BCUT2D eigenvalue weighted by atomic mass is 16.2. The summed E-state index contributed by atoms with van der Waals surface area (Å²) in [4.78, 5) is 26.4. The normalized spacial score (nSPS) is 24.4. The smallest absolute Gasteiger partial charge is 0.248 e. The number of amides is 2. The molecule has 1 aliphatic heterocycles. The van der Waals surface area contributed by atoms with Crippen molar-refractivity contribution in [2.45, 2.75) is 45.1 Å². The first-order chi connectivity index (χ1) is 9.96. The van der Waals surface area contributed by atoms with Crippen LogP contribution in [0.3, 0.4) is 0 Å². The zero-order valence-electron chi connectivity index (χ0n) is 13.1. The SMILES string of the molecule is CCC1(C)NC(=O)CCN(CC(C)c2ccccc2)C1=O. The van der Waals surface area contributed by atoms with Gasteiger partial charge in [0.2, 0.25) is 11.8 Å². The Bertz CT molecular complexity index is 515. The summed E-state index contributed by atoms with van der Waals surface area (Å²) in [6.45, 7) is 7.01. The lowest BCUT2D eigenvalue weighted by Gasteiger charge is -2.32. The Balaban J connectivity index is 2.14. The largest absolute Gasteiger partial charge is 0.342 e. The topological polar surface area (TPSA) is 49.4 Å². The molecule has 2 rings (SSSR count). The van der Waals surface area contributed by atoms with Gasteiger partial charge in [-0.25, -0.2) is 0 Å². The van der Waals surface area contributed by atoms with Crippen LogP contribution in [0.4, 0.5) is 0 Å². The molecule has 0 spiro atoms. The second kappa shape index (κ2) is 6.29. The Hall–Kier alpha value is -1.84. The first kappa shape index (κ1) is 15.5. The quantitative estimate of drug-likeness (QED) is 0.924. The Labute approximate surface area is 126 Å². The van der Waals surface area contributed by atoms with E-state index in [0.717, 1.165) is 0 Å². The standard InChI is InChI=1S/C17H24N2O2/c1-4-17(3)16(21)19(11-10-15(20)18-17)12-13(2)14-8-6-5-7-9-14/h5-9,13H,4,10-12H2,1-3H3,(H,18,20). The number of hydrogen-bond acceptors (Lipinski definition) is 2. The summed E-state index contributed by atoms with van der Waals surface area (Å²) in [7, 11) is 0. The van der Waals surface area contributed by atoms with E-state index in [-0.39, 0.29) is 17.7 Å². The molecule has 114 valence electrons. The molecule has 21 heavy (non-hydrogen) atoms. The van der Waals surface area contributed by atoms with Crippen LogP contribution < -0.4 is 5.32 Å². The van der Waals surface area contributed by atoms with Gasteiger partial charge in [0.05, 0.1) is 0 Å². The molecule has 1 aliphatic rings. The predicted molar refractivity (Wildman–Crippen MR) is 82.9 cm³/mol. The minimum atomic E-state index is -0.774. The van der Waals surface area contributed by atoms with Crippen LogP contribution in [0, 0.1) is 0 Å². The lowest BCUT2D eigenvalue weighted by atomic mass is 9.95. The first-order valence-electron chi connectivity index (χ1n) is 7.61. The third-order valence-electron chi connectivity index (χ3n) is 4.35. The number of nitrogens with one attached hydrogen (secondary N) is 1. The van der Waals surface area contributed by atoms with E-state index in [0.29, 0.717) is 25.9 Å². The van der Waals surface area contributed by atoms with Crippen molar-refractivity contribution in [3.05, 3.63) is 35.9 Å². The van der Waals surface area contributed by atoms with Crippen molar-refractivity contribution in [3.63, 3.8) is 0 Å². The number of rotatable bonds is 4. The van der Waals surface area contributed by atoms with E-state index in [9.17, 15) is 9.59 Å². The summed E-state index contributed by atoms with van der Waals surface area (Å²) in [5.74, 6) is 0.241. The van der Waals surface area contributed by atoms with Gasteiger partial charge in [-0.05, 0) is 24.8 Å². The molecule has 0 bridgehead atoms. The maximum atomic E-state index is 12.7. The van der Waals surface area contributed by atoms with E-state index < -0.39 is 5.54 Å². The summed E-state index contributed by atoms with van der Waals surface area (Å²) in [5.41, 5.74) is 0.441. The first-order valence-corrected chi connectivity index (χ1v) is 7.61. The molecule has 0 aromatic heterocycles. The molecule has 1 fully saturated rings. The zero-order valence-corrected chi connectivity index (χ0v) is 13.1. The van der Waals surface area contributed by atoms with Crippen molar-refractivity contribution < 1.29 is 9.59 Å². The van der Waals surface area contributed by atoms with Gasteiger partial charge in [0, 0.05) is 19.5 Å². The van der Waals surface area contributed by atoms with Gasteiger partial charge in [-0.2, -0.15) is 0 Å². The van der Waals surface area contributed by atoms with Crippen molar-refractivity contribution >= 4 is 11.8 Å². The molecule has 4 nitrogen and oxygen atoms in total. The van der Waals surface area contributed by atoms with Crippen molar-refractivity contribution in [2.75, 3.05) is 13.1 Å². The summed E-state index contributed by atoms with van der Waals surface area (Å²) < 4.78 is 0. The van der Waals surface area contributed by atoms with Crippen molar-refractivity contribution in [3.8, 4) is 0 Å². The molecule has 0 saturated carbocycles. The van der Waals surface area contributed by atoms with Gasteiger partial charge < -0.3 is 10.2 Å². The van der Waals surface area contributed by atoms with Crippen molar-refractivity contribution in [2.24, 2.45) is 0 Å². The monoisotopic (exact) mass is 288 g/mol. The fourth-order valence-electron chi connectivity index (χ4n) is 2.74. The van der Waals surface area contributed by atoms with E-state index in [1.807, 2.05) is 36.9 Å². The molecule has 0 radical (unpaired) electrons. The average molecular weight is 288 g/mol. The maximum absolute atomic E-state index is 12.7. The molecule has 2 unspecified atom stereocenters. The number of carbonyl (C=O) groups is 2. The predicted octanol–water partition coefficient (Wildman–Crippen LogP) is 2.31. The average Bonchev–Trinajstić information content (AvgIpc) is 2.60. The fraction of sp³-hybridized carbons (Fsp3) is 0.529. The van der Waals surface area contributed by atoms with Gasteiger partial charge >= 0.3 is 0 Å². The van der Waals surface area contributed by atoms with E-state index in [4.69, 9.17) is 0 Å². The molecular weight excluding hydrogens is 264 g/mol. The number of benzene rings is 1. The van der Waals surface area contributed by atoms with Gasteiger partial charge in [0.1, 0.15) is 5.54 Å². The number of nitrogens with zero attached hydrogens (tertiary/aromatic N) is 1. The Morgan fingerprint density at radius 3 is 2.57 bits per heavy atom. The number of carbonyl (C=O) groups excluding carboxylic acids is 2. The van der Waals surface area contributed by atoms with Crippen LogP contribution in [0.15, 0.2) is 30.3 Å². The third kappa shape index (κ3) is 3.43. The molecule has 1 aromatic rings. The van der Waals surface area contributed by atoms with Crippen LogP contribution in [-0.2, 0) is 9.59 Å². The Morgan fingerprint density at radius 2 is 1.95 bits per heavy atom.